The Labute approximate surface area is 103 Å². The lowest BCUT2D eigenvalue weighted by atomic mass is 10.1. The fraction of sp³-hybridized carbons (Fsp3) is 0.0833. The number of rotatable bonds is 1. The Morgan fingerprint density at radius 2 is 1.79 bits per heavy atom. The fourth-order valence-electron chi connectivity index (χ4n) is 1.56. The van der Waals surface area contributed by atoms with Gasteiger partial charge in [0.25, 0.3) is 0 Å². The summed E-state index contributed by atoms with van der Waals surface area (Å²) < 4.78 is 63.5. The molecule has 0 fully saturated rings. The van der Waals surface area contributed by atoms with Gasteiger partial charge >= 0.3 is 6.18 Å². The van der Waals surface area contributed by atoms with Crippen LogP contribution in [0.4, 0.5) is 22.0 Å². The topological polar surface area (TPSA) is 32.9 Å². The highest BCUT2D eigenvalue weighted by atomic mass is 19.4. The van der Waals surface area contributed by atoms with Crippen molar-refractivity contribution >= 4 is 0 Å². The number of halogens is 5. The molecule has 100 valence electrons. The van der Waals surface area contributed by atoms with Gasteiger partial charge in [0.05, 0.1) is 5.69 Å². The summed E-state index contributed by atoms with van der Waals surface area (Å²) in [5, 5.41) is 0. The second kappa shape index (κ2) is 4.49. The van der Waals surface area contributed by atoms with Gasteiger partial charge in [0.15, 0.2) is 17.1 Å². The zero-order valence-electron chi connectivity index (χ0n) is 9.18. The summed E-state index contributed by atoms with van der Waals surface area (Å²) in [4.78, 5) is 13.4. The molecular weight excluding hydrogens is 269 g/mol. The minimum absolute atomic E-state index is 0.227. The van der Waals surface area contributed by atoms with Gasteiger partial charge in [0.1, 0.15) is 5.56 Å². The first-order valence-electron chi connectivity index (χ1n) is 5.05. The van der Waals surface area contributed by atoms with E-state index in [-0.39, 0.29) is 11.3 Å². The van der Waals surface area contributed by atoms with E-state index in [9.17, 15) is 26.7 Å². The molecule has 1 aromatic carbocycles. The molecule has 0 amide bonds. The van der Waals surface area contributed by atoms with Crippen LogP contribution >= 0.6 is 0 Å². The Bertz CT molecular complexity index is 675. The Hall–Kier alpha value is -2.18. The van der Waals surface area contributed by atoms with Gasteiger partial charge in [0, 0.05) is 17.8 Å². The summed E-state index contributed by atoms with van der Waals surface area (Å²) in [5.41, 5.74) is -3.25. The number of pyridine rings is 1. The highest BCUT2D eigenvalue weighted by molar-refractivity contribution is 5.60. The molecule has 0 saturated heterocycles. The lowest BCUT2D eigenvalue weighted by Crippen LogP contribution is -2.19. The third-order valence-corrected chi connectivity index (χ3v) is 2.46. The van der Waals surface area contributed by atoms with Crippen LogP contribution in [0.5, 0.6) is 0 Å². The van der Waals surface area contributed by atoms with E-state index in [1.165, 1.54) is 6.07 Å². The van der Waals surface area contributed by atoms with Crippen molar-refractivity contribution in [3.63, 3.8) is 0 Å². The van der Waals surface area contributed by atoms with E-state index in [0.717, 1.165) is 12.1 Å². The summed E-state index contributed by atoms with van der Waals surface area (Å²) in [6, 6.07) is 3.78. The van der Waals surface area contributed by atoms with Crippen molar-refractivity contribution in [3.8, 4) is 11.3 Å². The molecule has 0 bridgehead atoms. The van der Waals surface area contributed by atoms with Crippen molar-refractivity contribution < 1.29 is 22.0 Å². The van der Waals surface area contributed by atoms with Gasteiger partial charge in [-0.15, -0.1) is 0 Å². The maximum absolute atomic E-state index is 13.4. The van der Waals surface area contributed by atoms with Crippen molar-refractivity contribution in [2.24, 2.45) is 0 Å². The summed E-state index contributed by atoms with van der Waals surface area (Å²) in [6.45, 7) is 0. The molecule has 0 atom stereocenters. The van der Waals surface area contributed by atoms with Crippen molar-refractivity contribution in [1.82, 2.24) is 4.98 Å². The highest BCUT2D eigenvalue weighted by Gasteiger charge is 2.33. The van der Waals surface area contributed by atoms with Crippen LogP contribution in [0.2, 0.25) is 0 Å². The van der Waals surface area contributed by atoms with Crippen LogP contribution in [0.1, 0.15) is 5.56 Å². The number of alkyl halides is 3. The minimum Gasteiger partial charge on any atom is -0.360 e. The van der Waals surface area contributed by atoms with Crippen LogP contribution in [-0.2, 0) is 6.18 Å². The monoisotopic (exact) mass is 275 g/mol. The maximum Gasteiger partial charge on any atom is 0.421 e. The zero-order chi connectivity index (χ0) is 14.2. The standard InChI is InChI=1S/C12H6F5NO/c13-8-3-1-2-6(11(8)14)9-4-10(19)7(5-18-9)12(15,16)17/h1-5H,(H,18,19). The van der Waals surface area contributed by atoms with Gasteiger partial charge in [-0.25, -0.2) is 8.78 Å². The predicted octanol–water partition coefficient (Wildman–Crippen LogP) is 3.34. The Balaban J connectivity index is 2.58. The smallest absolute Gasteiger partial charge is 0.360 e. The molecule has 2 nitrogen and oxygen atoms in total. The number of aromatic nitrogens is 1. The number of hydrogen-bond donors (Lipinski definition) is 1. The summed E-state index contributed by atoms with van der Waals surface area (Å²) in [5.74, 6) is -2.39. The van der Waals surface area contributed by atoms with Crippen LogP contribution in [0.25, 0.3) is 11.3 Å². The third kappa shape index (κ3) is 2.49. The lowest BCUT2D eigenvalue weighted by molar-refractivity contribution is -0.138. The lowest BCUT2D eigenvalue weighted by Gasteiger charge is -2.08. The number of benzene rings is 1. The molecular formula is C12H6F5NO. The first-order valence-corrected chi connectivity index (χ1v) is 5.05. The van der Waals surface area contributed by atoms with Gasteiger partial charge in [0.2, 0.25) is 0 Å². The number of hydrogen-bond acceptors (Lipinski definition) is 1. The molecule has 7 heteroatoms. The fourth-order valence-corrected chi connectivity index (χ4v) is 1.56. The molecule has 0 saturated carbocycles. The van der Waals surface area contributed by atoms with Crippen molar-refractivity contribution in [3.05, 3.63) is 57.9 Å². The largest absolute Gasteiger partial charge is 0.421 e. The van der Waals surface area contributed by atoms with E-state index in [2.05, 4.69) is 4.98 Å². The van der Waals surface area contributed by atoms with Gasteiger partial charge in [-0.2, -0.15) is 13.2 Å². The van der Waals surface area contributed by atoms with Crippen molar-refractivity contribution in [1.29, 1.82) is 0 Å². The molecule has 1 aromatic heterocycles. The highest BCUT2D eigenvalue weighted by Crippen LogP contribution is 2.27. The molecule has 2 aromatic rings. The average molecular weight is 275 g/mol. The number of aromatic amines is 1. The number of H-pyrrole nitrogens is 1. The molecule has 0 aliphatic carbocycles. The molecule has 2 rings (SSSR count). The normalized spacial score (nSPS) is 11.6. The van der Waals surface area contributed by atoms with Crippen LogP contribution in [0.3, 0.4) is 0 Å². The van der Waals surface area contributed by atoms with Gasteiger partial charge in [-0.1, -0.05) is 6.07 Å². The molecule has 1 heterocycles. The zero-order valence-corrected chi connectivity index (χ0v) is 9.18. The van der Waals surface area contributed by atoms with Crippen LogP contribution in [0.15, 0.2) is 35.3 Å². The average Bonchev–Trinajstić information content (AvgIpc) is 2.31. The van der Waals surface area contributed by atoms with E-state index >= 15 is 0 Å². The molecule has 0 unspecified atom stereocenters. The first kappa shape index (κ1) is 13.3. The summed E-state index contributed by atoms with van der Waals surface area (Å²) in [7, 11) is 0. The Kier molecular flexibility index (Phi) is 3.13. The second-order valence-corrected chi connectivity index (χ2v) is 3.72. The maximum atomic E-state index is 13.4. The van der Waals surface area contributed by atoms with E-state index in [4.69, 9.17) is 0 Å². The molecule has 0 aliphatic rings. The van der Waals surface area contributed by atoms with Crippen LogP contribution in [0, 0.1) is 11.6 Å². The van der Waals surface area contributed by atoms with E-state index in [0.29, 0.717) is 12.3 Å². The van der Waals surface area contributed by atoms with E-state index in [1.54, 1.807) is 0 Å². The third-order valence-electron chi connectivity index (χ3n) is 2.46. The SMILES string of the molecule is O=c1cc(-c2cccc(F)c2F)[nH]cc1C(F)(F)F. The molecule has 0 spiro atoms. The predicted molar refractivity (Wildman–Crippen MR) is 57.4 cm³/mol. The van der Waals surface area contributed by atoms with E-state index < -0.39 is 28.8 Å². The van der Waals surface area contributed by atoms with Gasteiger partial charge in [-0.05, 0) is 12.1 Å². The summed E-state index contributed by atoms with van der Waals surface area (Å²) in [6.07, 6.45) is -4.37. The number of nitrogens with one attached hydrogen (secondary N) is 1. The molecule has 19 heavy (non-hydrogen) atoms. The van der Waals surface area contributed by atoms with Crippen LogP contribution < -0.4 is 5.43 Å². The first-order chi connectivity index (χ1) is 8.80. The van der Waals surface area contributed by atoms with E-state index in [1.807, 2.05) is 0 Å². The van der Waals surface area contributed by atoms with Gasteiger partial charge < -0.3 is 4.98 Å². The second-order valence-electron chi connectivity index (χ2n) is 3.72. The minimum atomic E-state index is -4.80. The molecule has 1 N–H and O–H groups in total. The summed E-state index contributed by atoms with van der Waals surface area (Å²) >= 11 is 0. The molecule has 0 radical (unpaired) electrons. The Morgan fingerprint density at radius 1 is 1.11 bits per heavy atom. The quantitative estimate of drug-likeness (QED) is 0.795. The van der Waals surface area contributed by atoms with Crippen molar-refractivity contribution in [2.75, 3.05) is 0 Å². The van der Waals surface area contributed by atoms with Gasteiger partial charge in [-0.3, -0.25) is 4.79 Å². The Morgan fingerprint density at radius 3 is 2.37 bits per heavy atom. The van der Waals surface area contributed by atoms with Crippen LogP contribution in [-0.4, -0.2) is 4.98 Å². The van der Waals surface area contributed by atoms with Crippen molar-refractivity contribution in [2.45, 2.75) is 6.18 Å². The molecule has 0 aliphatic heterocycles.